The molecule has 0 bridgehead atoms. The van der Waals surface area contributed by atoms with Gasteiger partial charge in [0, 0.05) is 10.0 Å². The summed E-state index contributed by atoms with van der Waals surface area (Å²) in [6.07, 6.45) is -2.91. The van der Waals surface area contributed by atoms with Crippen molar-refractivity contribution in [1.82, 2.24) is 0 Å². The number of carbonyl (C=O) groups is 1. The second-order valence-corrected chi connectivity index (χ2v) is 9.02. The Balaban J connectivity index is 2.01. The summed E-state index contributed by atoms with van der Waals surface area (Å²) in [5.74, 6) is 0.0278. The number of benzene rings is 2. The predicted octanol–water partition coefficient (Wildman–Crippen LogP) is 6.64. The van der Waals surface area contributed by atoms with E-state index in [9.17, 15) is 18.0 Å². The summed E-state index contributed by atoms with van der Waals surface area (Å²) in [4.78, 5) is 14.2. The number of thioether (sulfide) groups is 1. The Morgan fingerprint density at radius 2 is 1.93 bits per heavy atom. The first kappa shape index (κ1) is 21.4. The van der Waals surface area contributed by atoms with Crippen LogP contribution in [0.5, 0.6) is 5.75 Å². The summed E-state index contributed by atoms with van der Waals surface area (Å²) >= 11 is 13.0. The zero-order chi connectivity index (χ0) is 20.6. The van der Waals surface area contributed by atoms with Crippen molar-refractivity contribution in [1.29, 1.82) is 0 Å². The van der Waals surface area contributed by atoms with Gasteiger partial charge in [-0.1, -0.05) is 46.0 Å². The van der Waals surface area contributed by atoms with E-state index in [1.54, 1.807) is 18.2 Å². The van der Waals surface area contributed by atoms with Gasteiger partial charge in [-0.05, 0) is 52.3 Å². The summed E-state index contributed by atoms with van der Waals surface area (Å²) in [6.45, 7) is 0. The summed E-state index contributed by atoms with van der Waals surface area (Å²) in [5.41, 5.74) is -0.156. The van der Waals surface area contributed by atoms with Gasteiger partial charge in [0.1, 0.15) is 5.75 Å². The summed E-state index contributed by atoms with van der Waals surface area (Å²) in [6, 6.07) is 8.07. The number of halogens is 5. The van der Waals surface area contributed by atoms with Crippen LogP contribution in [0, 0.1) is 0 Å². The molecule has 1 saturated heterocycles. The van der Waals surface area contributed by atoms with E-state index in [2.05, 4.69) is 31.9 Å². The second-order valence-electron chi connectivity index (χ2n) is 5.58. The van der Waals surface area contributed by atoms with E-state index in [1.807, 2.05) is 0 Å². The monoisotopic (exact) mass is 551 g/mol. The molecule has 146 valence electrons. The van der Waals surface area contributed by atoms with Crippen molar-refractivity contribution in [2.24, 2.45) is 0 Å². The molecule has 0 atom stereocenters. The lowest BCUT2D eigenvalue weighted by Gasteiger charge is -2.16. The normalized spacial score (nSPS) is 16.2. The van der Waals surface area contributed by atoms with Gasteiger partial charge in [-0.15, -0.1) is 0 Å². The lowest BCUT2D eigenvalue weighted by molar-refractivity contribution is -0.137. The first-order chi connectivity index (χ1) is 13.1. The fourth-order valence-electron chi connectivity index (χ4n) is 2.56. The minimum atomic E-state index is -4.51. The molecule has 3 rings (SSSR count). The average molecular weight is 553 g/mol. The number of nitrogens with zero attached hydrogens (tertiary/aromatic N) is 1. The highest BCUT2D eigenvalue weighted by atomic mass is 79.9. The molecule has 0 N–H and O–H groups in total. The number of thiocarbonyl (C=S) groups is 1. The molecule has 0 saturated carbocycles. The molecule has 10 heteroatoms. The summed E-state index contributed by atoms with van der Waals surface area (Å²) in [5, 5.41) is 0. The van der Waals surface area contributed by atoms with E-state index in [0.29, 0.717) is 15.8 Å². The van der Waals surface area contributed by atoms with E-state index in [0.717, 1.165) is 33.3 Å². The third-order valence-corrected chi connectivity index (χ3v) is 6.10. The van der Waals surface area contributed by atoms with E-state index in [4.69, 9.17) is 17.0 Å². The largest absolute Gasteiger partial charge is 0.495 e. The lowest BCUT2D eigenvalue weighted by Crippen LogP contribution is -2.27. The third kappa shape index (κ3) is 4.29. The van der Waals surface area contributed by atoms with Gasteiger partial charge in [-0.3, -0.25) is 9.69 Å². The molecule has 2 aromatic rings. The second kappa shape index (κ2) is 8.17. The van der Waals surface area contributed by atoms with Gasteiger partial charge in [0.05, 0.1) is 27.7 Å². The molecule has 0 aliphatic carbocycles. The van der Waals surface area contributed by atoms with Gasteiger partial charge in [-0.25, -0.2) is 0 Å². The molecule has 0 unspecified atom stereocenters. The highest BCUT2D eigenvalue weighted by Crippen LogP contribution is 2.40. The summed E-state index contributed by atoms with van der Waals surface area (Å²) in [7, 11) is 1.50. The van der Waals surface area contributed by atoms with Crippen LogP contribution in [-0.4, -0.2) is 17.3 Å². The maximum Gasteiger partial charge on any atom is 0.416 e. The number of rotatable bonds is 3. The van der Waals surface area contributed by atoms with Crippen LogP contribution in [0.3, 0.4) is 0 Å². The van der Waals surface area contributed by atoms with Gasteiger partial charge in [0.15, 0.2) is 4.32 Å². The van der Waals surface area contributed by atoms with Crippen molar-refractivity contribution < 1.29 is 22.7 Å². The van der Waals surface area contributed by atoms with Gasteiger partial charge in [0.25, 0.3) is 5.91 Å². The average Bonchev–Trinajstić information content (AvgIpc) is 2.87. The molecule has 28 heavy (non-hydrogen) atoms. The van der Waals surface area contributed by atoms with Crippen LogP contribution in [0.15, 0.2) is 50.2 Å². The molecule has 1 fully saturated rings. The van der Waals surface area contributed by atoms with Gasteiger partial charge < -0.3 is 4.74 Å². The number of amides is 1. The smallest absolute Gasteiger partial charge is 0.416 e. The molecule has 3 nitrogen and oxygen atoms in total. The number of carbonyl (C=O) groups excluding carboxylic acids is 1. The zero-order valence-corrected chi connectivity index (χ0v) is 18.8. The third-order valence-electron chi connectivity index (χ3n) is 3.75. The van der Waals surface area contributed by atoms with Crippen molar-refractivity contribution in [3.63, 3.8) is 0 Å². The molecule has 2 aromatic carbocycles. The number of alkyl halides is 3. The minimum absolute atomic E-state index is 0.0723. The van der Waals surface area contributed by atoms with Crippen LogP contribution in [-0.2, 0) is 11.0 Å². The number of hydrogen-bond donors (Lipinski definition) is 0. The van der Waals surface area contributed by atoms with Gasteiger partial charge >= 0.3 is 6.18 Å². The Hall–Kier alpha value is -1.36. The number of ether oxygens (including phenoxy) is 1. The molecular weight excluding hydrogens is 543 g/mol. The van der Waals surface area contributed by atoms with Crippen LogP contribution in [0.2, 0.25) is 0 Å². The maximum absolute atomic E-state index is 13.0. The van der Waals surface area contributed by atoms with Crippen molar-refractivity contribution >= 4 is 77.8 Å². The fraction of sp³-hybridized carbons (Fsp3) is 0.111. The van der Waals surface area contributed by atoms with E-state index >= 15 is 0 Å². The maximum atomic E-state index is 13.0. The van der Waals surface area contributed by atoms with Crippen LogP contribution in [0.4, 0.5) is 18.9 Å². The molecular formula is C18H10Br2F3NO2S2. The Kier molecular flexibility index (Phi) is 6.23. The van der Waals surface area contributed by atoms with Crippen LogP contribution in [0.25, 0.3) is 6.08 Å². The van der Waals surface area contributed by atoms with Gasteiger partial charge in [0.2, 0.25) is 0 Å². The number of anilines is 1. The molecule has 0 radical (unpaired) electrons. The van der Waals surface area contributed by atoms with Crippen molar-refractivity contribution in [3.05, 3.63) is 61.4 Å². The lowest BCUT2D eigenvalue weighted by atomic mass is 10.1. The van der Waals surface area contributed by atoms with E-state index < -0.39 is 17.6 Å². The fourth-order valence-corrected chi connectivity index (χ4v) is 5.27. The summed E-state index contributed by atoms with van der Waals surface area (Å²) < 4.78 is 46.0. The molecule has 1 heterocycles. The van der Waals surface area contributed by atoms with E-state index in [1.165, 1.54) is 19.2 Å². The Labute approximate surface area is 185 Å². The molecule has 1 aliphatic rings. The standard InChI is InChI=1S/C18H10Br2F3NO2S2/c1-26-15-9(5-11(19)8-13(15)20)6-14-16(25)24(17(27)28-14)12-4-2-3-10(7-12)18(21,22)23/h2-8H,1H3/b14-6-. The highest BCUT2D eigenvalue weighted by Gasteiger charge is 2.36. The zero-order valence-electron chi connectivity index (χ0n) is 14.0. The first-order valence-electron chi connectivity index (χ1n) is 7.60. The van der Waals surface area contributed by atoms with Crippen molar-refractivity contribution in [3.8, 4) is 5.75 Å². The minimum Gasteiger partial charge on any atom is -0.495 e. The first-order valence-corrected chi connectivity index (χ1v) is 10.4. The Bertz CT molecular complexity index is 1010. The number of methoxy groups -OCH3 is 1. The SMILES string of the molecule is COc1c(Br)cc(Br)cc1/C=C1\SC(=S)N(c2cccc(C(F)(F)F)c2)C1=O. The molecule has 1 aliphatic heterocycles. The molecule has 0 aromatic heterocycles. The van der Waals surface area contributed by atoms with Crippen molar-refractivity contribution in [2.45, 2.75) is 6.18 Å². The van der Waals surface area contributed by atoms with Gasteiger partial charge in [-0.2, -0.15) is 13.2 Å². The quantitative estimate of drug-likeness (QED) is 0.315. The van der Waals surface area contributed by atoms with E-state index in [-0.39, 0.29) is 14.9 Å². The molecule has 1 amide bonds. The van der Waals surface area contributed by atoms with Crippen LogP contribution >= 0.6 is 55.8 Å². The Morgan fingerprint density at radius 1 is 1.21 bits per heavy atom. The number of hydrogen-bond acceptors (Lipinski definition) is 4. The van der Waals surface area contributed by atoms with Crippen LogP contribution in [0.1, 0.15) is 11.1 Å². The highest BCUT2D eigenvalue weighted by molar-refractivity contribution is 9.11. The van der Waals surface area contributed by atoms with Crippen LogP contribution < -0.4 is 9.64 Å². The molecule has 0 spiro atoms. The Morgan fingerprint density at radius 3 is 2.57 bits per heavy atom. The topological polar surface area (TPSA) is 29.5 Å². The van der Waals surface area contributed by atoms with Crippen molar-refractivity contribution in [2.75, 3.05) is 12.0 Å². The predicted molar refractivity (Wildman–Crippen MR) is 115 cm³/mol.